The molecule has 0 amide bonds. The highest BCUT2D eigenvalue weighted by Crippen LogP contribution is 2.39. The van der Waals surface area contributed by atoms with Crippen LogP contribution in [0.4, 0.5) is 0 Å². The first-order valence-corrected chi connectivity index (χ1v) is 6.78. The molecule has 1 unspecified atom stereocenters. The topological polar surface area (TPSA) is 44.8 Å². The smallest absolute Gasteiger partial charge is 0.343 e. The summed E-state index contributed by atoms with van der Waals surface area (Å²) in [5.41, 5.74) is 0.936. The highest BCUT2D eigenvalue weighted by Gasteiger charge is 2.46. The number of hydrogen-bond acceptors (Lipinski definition) is 4. The summed E-state index contributed by atoms with van der Waals surface area (Å²) in [6.07, 6.45) is 3.35. The normalized spacial score (nSPS) is 24.8. The molecule has 0 aromatic heterocycles. The van der Waals surface area contributed by atoms with Gasteiger partial charge in [-0.25, -0.2) is 4.79 Å². The van der Waals surface area contributed by atoms with Gasteiger partial charge in [-0.1, -0.05) is 18.2 Å². The molecule has 102 valence electrons. The van der Waals surface area contributed by atoms with Crippen LogP contribution in [0.1, 0.15) is 31.2 Å². The molecule has 1 aromatic rings. The van der Waals surface area contributed by atoms with E-state index in [0.29, 0.717) is 12.4 Å². The van der Waals surface area contributed by atoms with Gasteiger partial charge in [-0.05, 0) is 31.4 Å². The van der Waals surface area contributed by atoms with Crippen molar-refractivity contribution >= 4 is 5.97 Å². The number of esters is 1. The Labute approximate surface area is 112 Å². The Kier molecular flexibility index (Phi) is 3.29. The molecule has 4 heteroatoms. The Hall–Kier alpha value is -1.39. The number of aryl methyl sites for hydroxylation is 1. The first-order valence-electron chi connectivity index (χ1n) is 6.78. The molecule has 1 aromatic carbocycles. The van der Waals surface area contributed by atoms with Crippen molar-refractivity contribution in [1.82, 2.24) is 0 Å². The molecule has 1 saturated heterocycles. The molecule has 1 aliphatic carbocycles. The molecule has 0 N–H and O–H groups in total. The highest BCUT2D eigenvalue weighted by molar-refractivity contribution is 5.78. The summed E-state index contributed by atoms with van der Waals surface area (Å²) in [6, 6.07) is 7.46. The van der Waals surface area contributed by atoms with Gasteiger partial charge in [0.2, 0.25) is 0 Å². The van der Waals surface area contributed by atoms with E-state index in [4.69, 9.17) is 14.2 Å². The minimum Gasteiger partial charge on any atom is -0.424 e. The van der Waals surface area contributed by atoms with E-state index < -0.39 is 11.9 Å². The van der Waals surface area contributed by atoms with Crippen molar-refractivity contribution in [2.75, 3.05) is 6.61 Å². The maximum absolute atomic E-state index is 12.1. The lowest BCUT2D eigenvalue weighted by atomic mass is 10.2. The van der Waals surface area contributed by atoms with Gasteiger partial charge in [0.05, 0.1) is 6.61 Å². The molecular weight excluding hydrogens is 244 g/mol. The molecule has 2 fully saturated rings. The van der Waals surface area contributed by atoms with Crippen LogP contribution in [0.2, 0.25) is 0 Å². The SMILES string of the molecule is Cc1ccccc1OC(=O)C1COC2(CCCC2)O1. The predicted octanol–water partition coefficient (Wildman–Crippen LogP) is 2.59. The number of ether oxygens (including phenoxy) is 3. The monoisotopic (exact) mass is 262 g/mol. The van der Waals surface area contributed by atoms with Gasteiger partial charge in [0, 0.05) is 12.8 Å². The maximum Gasteiger partial charge on any atom is 0.343 e. The van der Waals surface area contributed by atoms with Gasteiger partial charge in [0.25, 0.3) is 0 Å². The molecule has 4 nitrogen and oxygen atoms in total. The molecule has 1 atom stereocenters. The molecule has 1 heterocycles. The number of hydrogen-bond donors (Lipinski definition) is 0. The van der Waals surface area contributed by atoms with Gasteiger partial charge in [-0.15, -0.1) is 0 Å². The number of carbonyl (C=O) groups excluding carboxylic acids is 1. The highest BCUT2D eigenvalue weighted by atomic mass is 16.8. The third-order valence-electron chi connectivity index (χ3n) is 3.79. The average molecular weight is 262 g/mol. The van der Waals surface area contributed by atoms with Crippen LogP contribution in [0.5, 0.6) is 5.75 Å². The van der Waals surface area contributed by atoms with Crippen LogP contribution in [0, 0.1) is 6.92 Å². The largest absolute Gasteiger partial charge is 0.424 e. The third-order valence-corrected chi connectivity index (χ3v) is 3.79. The summed E-state index contributed by atoms with van der Waals surface area (Å²) in [4.78, 5) is 12.1. The Balaban J connectivity index is 1.64. The summed E-state index contributed by atoms with van der Waals surface area (Å²) in [6.45, 7) is 2.21. The van der Waals surface area contributed by atoms with Crippen LogP contribution in [0.3, 0.4) is 0 Å². The molecule has 1 spiro atoms. The quantitative estimate of drug-likeness (QED) is 0.607. The lowest BCUT2D eigenvalue weighted by Crippen LogP contribution is -2.32. The summed E-state index contributed by atoms with van der Waals surface area (Å²) >= 11 is 0. The maximum atomic E-state index is 12.1. The zero-order chi connectivity index (χ0) is 13.3. The van der Waals surface area contributed by atoms with Crippen molar-refractivity contribution in [2.45, 2.75) is 44.5 Å². The molecule has 1 saturated carbocycles. The van der Waals surface area contributed by atoms with Crippen LogP contribution in [0.25, 0.3) is 0 Å². The van der Waals surface area contributed by atoms with E-state index in [9.17, 15) is 4.79 Å². The van der Waals surface area contributed by atoms with Gasteiger partial charge in [0.1, 0.15) is 5.75 Å². The van der Waals surface area contributed by atoms with E-state index in [1.54, 1.807) is 6.07 Å². The number of benzene rings is 1. The van der Waals surface area contributed by atoms with Crippen molar-refractivity contribution in [3.63, 3.8) is 0 Å². The minimum absolute atomic E-state index is 0.296. The van der Waals surface area contributed by atoms with Gasteiger partial charge in [-0.3, -0.25) is 0 Å². The van der Waals surface area contributed by atoms with E-state index >= 15 is 0 Å². The fourth-order valence-electron chi connectivity index (χ4n) is 2.69. The minimum atomic E-state index is -0.599. The third kappa shape index (κ3) is 2.51. The summed E-state index contributed by atoms with van der Waals surface area (Å²) in [5, 5.41) is 0. The van der Waals surface area contributed by atoms with E-state index in [2.05, 4.69) is 0 Å². The Morgan fingerprint density at radius 1 is 1.32 bits per heavy atom. The zero-order valence-electron chi connectivity index (χ0n) is 11.1. The second-order valence-electron chi connectivity index (χ2n) is 5.22. The second-order valence-corrected chi connectivity index (χ2v) is 5.22. The van der Waals surface area contributed by atoms with Crippen LogP contribution >= 0.6 is 0 Å². The van der Waals surface area contributed by atoms with Crippen molar-refractivity contribution < 1.29 is 19.0 Å². The van der Waals surface area contributed by atoms with Crippen molar-refractivity contribution in [3.8, 4) is 5.75 Å². The number of rotatable bonds is 2. The van der Waals surface area contributed by atoms with Crippen molar-refractivity contribution in [2.24, 2.45) is 0 Å². The lowest BCUT2D eigenvalue weighted by Gasteiger charge is -2.21. The van der Waals surface area contributed by atoms with E-state index in [1.165, 1.54) is 0 Å². The predicted molar refractivity (Wildman–Crippen MR) is 68.8 cm³/mol. The first kappa shape index (κ1) is 12.6. The Morgan fingerprint density at radius 3 is 2.79 bits per heavy atom. The average Bonchev–Trinajstić information content (AvgIpc) is 3.03. The number of carbonyl (C=O) groups is 1. The molecule has 1 aliphatic heterocycles. The molecular formula is C15H18O4. The Bertz CT molecular complexity index is 477. The fraction of sp³-hybridized carbons (Fsp3) is 0.533. The second kappa shape index (κ2) is 4.94. The van der Waals surface area contributed by atoms with Crippen LogP contribution < -0.4 is 4.74 Å². The van der Waals surface area contributed by atoms with Gasteiger partial charge in [0.15, 0.2) is 11.9 Å². The van der Waals surface area contributed by atoms with Crippen LogP contribution in [-0.4, -0.2) is 24.5 Å². The summed E-state index contributed by atoms with van der Waals surface area (Å²) in [5.74, 6) is -0.295. The van der Waals surface area contributed by atoms with Gasteiger partial charge < -0.3 is 14.2 Å². The van der Waals surface area contributed by atoms with E-state index in [1.807, 2.05) is 25.1 Å². The van der Waals surface area contributed by atoms with Crippen molar-refractivity contribution in [3.05, 3.63) is 29.8 Å². The molecule has 3 rings (SSSR count). The molecule has 19 heavy (non-hydrogen) atoms. The summed E-state index contributed by atoms with van der Waals surface area (Å²) in [7, 11) is 0. The standard InChI is InChI=1S/C15H18O4/c1-11-6-2-3-7-12(11)18-14(16)13-10-17-15(19-13)8-4-5-9-15/h2-3,6-7,13H,4-5,8-10H2,1H3. The Morgan fingerprint density at radius 2 is 2.05 bits per heavy atom. The zero-order valence-corrected chi connectivity index (χ0v) is 11.1. The van der Waals surface area contributed by atoms with Gasteiger partial charge in [-0.2, -0.15) is 0 Å². The van der Waals surface area contributed by atoms with Crippen molar-refractivity contribution in [1.29, 1.82) is 0 Å². The first-order chi connectivity index (χ1) is 9.19. The van der Waals surface area contributed by atoms with Gasteiger partial charge >= 0.3 is 5.97 Å². The molecule has 0 bridgehead atoms. The van der Waals surface area contributed by atoms with E-state index in [-0.39, 0.29) is 5.97 Å². The number of para-hydroxylation sites is 1. The van der Waals surface area contributed by atoms with Crippen LogP contribution in [0.15, 0.2) is 24.3 Å². The van der Waals surface area contributed by atoms with Crippen LogP contribution in [-0.2, 0) is 14.3 Å². The summed E-state index contributed by atoms with van der Waals surface area (Å²) < 4.78 is 16.9. The molecule has 2 aliphatic rings. The van der Waals surface area contributed by atoms with E-state index in [0.717, 1.165) is 31.2 Å². The fourth-order valence-corrected chi connectivity index (χ4v) is 2.69. The molecule has 0 radical (unpaired) electrons. The lowest BCUT2D eigenvalue weighted by molar-refractivity contribution is -0.174.